The van der Waals surface area contributed by atoms with Crippen LogP contribution in [0.15, 0.2) is 78.9 Å². The molecule has 0 radical (unpaired) electrons. The maximum atomic E-state index is 14.8. The van der Waals surface area contributed by atoms with Gasteiger partial charge in [-0.1, -0.05) is 67.6 Å². The van der Waals surface area contributed by atoms with E-state index in [0.29, 0.717) is 25.3 Å². The number of rotatable bonds is 14. The molecule has 214 valence electrons. The summed E-state index contributed by atoms with van der Waals surface area (Å²) in [4.78, 5) is 28.8. The predicted octanol–water partition coefficient (Wildman–Crippen LogP) is 4.16. The van der Waals surface area contributed by atoms with Crippen molar-refractivity contribution in [3.05, 3.63) is 95.8 Å². The number of hydrogen-bond acceptors (Lipinski definition) is 5. The molecule has 0 saturated carbocycles. The van der Waals surface area contributed by atoms with Gasteiger partial charge in [0.15, 0.2) is 0 Å². The van der Waals surface area contributed by atoms with Gasteiger partial charge in [0.25, 0.3) is 0 Å². The molecule has 3 aromatic carbocycles. The number of anilines is 1. The fourth-order valence-corrected chi connectivity index (χ4v) is 5.12. The molecule has 2 amide bonds. The van der Waals surface area contributed by atoms with Crippen LogP contribution in [0.5, 0.6) is 5.75 Å². The van der Waals surface area contributed by atoms with E-state index in [2.05, 4.69) is 5.32 Å². The second kappa shape index (κ2) is 14.5. The van der Waals surface area contributed by atoms with E-state index >= 15 is 0 Å². The number of amides is 2. The number of nitrogens with zero attached hydrogens (tertiary/aromatic N) is 2. The number of para-hydroxylation sites is 2. The molecule has 0 aromatic heterocycles. The first-order valence-electron chi connectivity index (χ1n) is 13.2. The normalized spacial score (nSPS) is 11.9. The lowest BCUT2D eigenvalue weighted by Gasteiger charge is -2.33. The Balaban J connectivity index is 2.08. The van der Waals surface area contributed by atoms with Gasteiger partial charge in [-0.3, -0.25) is 13.9 Å². The molecule has 1 N–H and O–H groups in total. The first-order chi connectivity index (χ1) is 19.2. The molecule has 0 saturated heterocycles. The molecule has 0 fully saturated rings. The topological polar surface area (TPSA) is 96.0 Å². The third-order valence-corrected chi connectivity index (χ3v) is 7.36. The van der Waals surface area contributed by atoms with Crippen LogP contribution in [0.1, 0.15) is 31.4 Å². The Morgan fingerprint density at radius 1 is 0.950 bits per heavy atom. The van der Waals surface area contributed by atoms with E-state index in [9.17, 15) is 22.4 Å². The standard InChI is InChI=1S/C30H36FN3O5S/c1-4-19-32-30(36)27(20-23-13-7-6-8-14-23)33(21-24-15-9-10-16-25(24)31)29(35)22-34(40(3,37)38)26-17-11-12-18-28(26)39-5-2/h6-18,27H,4-5,19-22H2,1-3H3,(H,32,36)/t27-/m1/s1. The molecule has 3 aromatic rings. The van der Waals surface area contributed by atoms with E-state index in [0.717, 1.165) is 16.1 Å². The van der Waals surface area contributed by atoms with Crippen molar-refractivity contribution < 1.29 is 27.1 Å². The Bertz CT molecular complexity index is 1380. The van der Waals surface area contributed by atoms with Gasteiger partial charge in [-0.05, 0) is 37.1 Å². The van der Waals surface area contributed by atoms with Crippen LogP contribution in [-0.2, 0) is 32.6 Å². The fourth-order valence-electron chi connectivity index (χ4n) is 4.27. The number of carbonyl (C=O) groups excluding carboxylic acids is 2. The zero-order valence-corrected chi connectivity index (χ0v) is 23.9. The smallest absolute Gasteiger partial charge is 0.244 e. The SMILES string of the molecule is CCCNC(=O)[C@@H](Cc1ccccc1)N(Cc1ccccc1F)C(=O)CN(c1ccccc1OCC)S(C)(=O)=O. The van der Waals surface area contributed by atoms with E-state index in [4.69, 9.17) is 4.74 Å². The van der Waals surface area contributed by atoms with Crippen molar-refractivity contribution in [2.24, 2.45) is 0 Å². The van der Waals surface area contributed by atoms with Crippen molar-refractivity contribution in [1.82, 2.24) is 10.2 Å². The molecule has 1 atom stereocenters. The average Bonchev–Trinajstić information content (AvgIpc) is 2.93. The minimum absolute atomic E-state index is 0.158. The molecule has 40 heavy (non-hydrogen) atoms. The largest absolute Gasteiger partial charge is 0.492 e. The van der Waals surface area contributed by atoms with Gasteiger partial charge in [-0.15, -0.1) is 0 Å². The molecule has 0 aliphatic carbocycles. The summed E-state index contributed by atoms with van der Waals surface area (Å²) in [6.45, 7) is 3.53. The molecule has 0 aliphatic rings. The predicted molar refractivity (Wildman–Crippen MR) is 154 cm³/mol. The molecule has 8 nitrogen and oxygen atoms in total. The number of carbonyl (C=O) groups is 2. The molecule has 0 bridgehead atoms. The Hall–Kier alpha value is -3.92. The van der Waals surface area contributed by atoms with Gasteiger partial charge in [0.05, 0.1) is 18.6 Å². The quantitative estimate of drug-likeness (QED) is 0.315. The maximum Gasteiger partial charge on any atom is 0.244 e. The molecular weight excluding hydrogens is 533 g/mol. The summed E-state index contributed by atoms with van der Waals surface area (Å²) in [5.41, 5.74) is 1.20. The summed E-state index contributed by atoms with van der Waals surface area (Å²) in [5, 5.41) is 2.85. The number of ether oxygens (including phenoxy) is 1. The van der Waals surface area contributed by atoms with Gasteiger partial charge in [0.1, 0.15) is 24.2 Å². The van der Waals surface area contributed by atoms with Crippen molar-refractivity contribution in [1.29, 1.82) is 0 Å². The van der Waals surface area contributed by atoms with Gasteiger partial charge in [-0.25, -0.2) is 12.8 Å². The monoisotopic (exact) mass is 569 g/mol. The highest BCUT2D eigenvalue weighted by Gasteiger charge is 2.34. The zero-order valence-electron chi connectivity index (χ0n) is 23.0. The first-order valence-corrected chi connectivity index (χ1v) is 15.0. The van der Waals surface area contributed by atoms with Crippen LogP contribution in [0.4, 0.5) is 10.1 Å². The number of halogens is 1. The highest BCUT2D eigenvalue weighted by molar-refractivity contribution is 7.92. The highest BCUT2D eigenvalue weighted by Crippen LogP contribution is 2.30. The van der Waals surface area contributed by atoms with Gasteiger partial charge < -0.3 is 15.0 Å². The van der Waals surface area contributed by atoms with Crippen LogP contribution in [-0.4, -0.2) is 57.1 Å². The second-order valence-electron chi connectivity index (χ2n) is 9.28. The number of benzene rings is 3. The number of hydrogen-bond donors (Lipinski definition) is 1. The maximum absolute atomic E-state index is 14.8. The van der Waals surface area contributed by atoms with Crippen LogP contribution >= 0.6 is 0 Å². The Morgan fingerprint density at radius 2 is 1.60 bits per heavy atom. The molecule has 3 rings (SSSR count). The Kier molecular flexibility index (Phi) is 11.1. The van der Waals surface area contributed by atoms with Gasteiger partial charge in [0.2, 0.25) is 21.8 Å². The zero-order chi connectivity index (χ0) is 29.1. The minimum atomic E-state index is -3.96. The summed E-state index contributed by atoms with van der Waals surface area (Å²) in [6.07, 6.45) is 1.84. The lowest BCUT2D eigenvalue weighted by molar-refractivity contribution is -0.140. The van der Waals surface area contributed by atoms with E-state index in [1.165, 1.54) is 23.1 Å². The van der Waals surface area contributed by atoms with Crippen LogP contribution in [0, 0.1) is 5.82 Å². The van der Waals surface area contributed by atoms with Crippen molar-refractivity contribution in [3.8, 4) is 5.75 Å². The van der Waals surface area contributed by atoms with E-state index < -0.39 is 40.2 Å². The summed E-state index contributed by atoms with van der Waals surface area (Å²) >= 11 is 0. The van der Waals surface area contributed by atoms with Gasteiger partial charge in [0, 0.05) is 25.1 Å². The average molecular weight is 570 g/mol. The highest BCUT2D eigenvalue weighted by atomic mass is 32.2. The lowest BCUT2D eigenvalue weighted by Crippen LogP contribution is -2.53. The second-order valence-corrected chi connectivity index (χ2v) is 11.2. The van der Waals surface area contributed by atoms with Crippen LogP contribution in [0.25, 0.3) is 0 Å². The molecule has 0 unspecified atom stereocenters. The molecular formula is C30H36FN3O5S. The van der Waals surface area contributed by atoms with Gasteiger partial charge >= 0.3 is 0 Å². The van der Waals surface area contributed by atoms with Crippen LogP contribution in [0.3, 0.4) is 0 Å². The molecule has 10 heteroatoms. The lowest BCUT2D eigenvalue weighted by atomic mass is 10.0. The van der Waals surface area contributed by atoms with Crippen molar-refractivity contribution in [3.63, 3.8) is 0 Å². The Morgan fingerprint density at radius 3 is 2.25 bits per heavy atom. The van der Waals surface area contributed by atoms with Crippen molar-refractivity contribution >= 4 is 27.5 Å². The summed E-state index contributed by atoms with van der Waals surface area (Å²) < 4.78 is 47.3. The van der Waals surface area contributed by atoms with Gasteiger partial charge in [-0.2, -0.15) is 0 Å². The summed E-state index contributed by atoms with van der Waals surface area (Å²) in [5.74, 6) is -1.30. The molecule has 0 spiro atoms. The third-order valence-electron chi connectivity index (χ3n) is 6.23. The fraction of sp³-hybridized carbons (Fsp3) is 0.333. The van der Waals surface area contributed by atoms with Crippen LogP contribution < -0.4 is 14.4 Å². The van der Waals surface area contributed by atoms with E-state index in [1.807, 2.05) is 37.3 Å². The van der Waals surface area contributed by atoms with Crippen LogP contribution in [0.2, 0.25) is 0 Å². The number of sulfonamides is 1. The van der Waals surface area contributed by atoms with Crippen molar-refractivity contribution in [2.75, 3.05) is 30.3 Å². The summed E-state index contributed by atoms with van der Waals surface area (Å²) in [7, 11) is -3.96. The first kappa shape index (κ1) is 30.6. The Labute approximate surface area is 235 Å². The summed E-state index contributed by atoms with van der Waals surface area (Å²) in [6, 6.07) is 20.7. The van der Waals surface area contributed by atoms with E-state index in [-0.39, 0.29) is 24.2 Å². The van der Waals surface area contributed by atoms with E-state index in [1.54, 1.807) is 37.3 Å². The molecule has 0 aliphatic heterocycles. The minimum Gasteiger partial charge on any atom is -0.492 e. The third kappa shape index (κ3) is 8.29. The number of nitrogens with one attached hydrogen (secondary N) is 1. The van der Waals surface area contributed by atoms with Crippen molar-refractivity contribution in [2.45, 2.75) is 39.3 Å². The molecule has 0 heterocycles.